The second kappa shape index (κ2) is 6.14. The molecule has 1 aliphatic heterocycles. The van der Waals surface area contributed by atoms with Gasteiger partial charge >= 0.3 is 0 Å². The van der Waals surface area contributed by atoms with Gasteiger partial charge in [0.05, 0.1) is 11.6 Å². The zero-order valence-corrected chi connectivity index (χ0v) is 12.7. The molecule has 3 rings (SSSR count). The Morgan fingerprint density at radius 2 is 2.05 bits per heavy atom. The topological polar surface area (TPSA) is 38.7 Å². The lowest BCUT2D eigenvalue weighted by Crippen LogP contribution is -2.22. The molecule has 1 atom stereocenters. The Hall–Kier alpha value is -1.42. The lowest BCUT2D eigenvalue weighted by molar-refractivity contribution is 0.146. The number of aliphatic hydroxyl groups excluding tert-OH is 1. The summed E-state index contributed by atoms with van der Waals surface area (Å²) < 4.78 is 11.6. The van der Waals surface area contributed by atoms with Crippen molar-refractivity contribution in [2.75, 3.05) is 6.61 Å². The normalized spacial score (nSPS) is 16.4. The molecular formula is C16H14Cl2O3. The lowest BCUT2D eigenvalue weighted by atomic mass is 10.1. The van der Waals surface area contributed by atoms with Crippen LogP contribution in [0.15, 0.2) is 36.4 Å². The molecule has 1 unspecified atom stereocenters. The Kier molecular flexibility index (Phi) is 4.24. The molecule has 0 radical (unpaired) electrons. The van der Waals surface area contributed by atoms with Gasteiger partial charge in [-0.2, -0.15) is 0 Å². The number of hydrogen-bond acceptors (Lipinski definition) is 3. The van der Waals surface area contributed by atoms with Crippen molar-refractivity contribution >= 4 is 23.2 Å². The van der Waals surface area contributed by atoms with Crippen LogP contribution in [0.2, 0.25) is 10.0 Å². The van der Waals surface area contributed by atoms with E-state index in [0.29, 0.717) is 28.0 Å². The highest BCUT2D eigenvalue weighted by Crippen LogP contribution is 2.34. The van der Waals surface area contributed by atoms with Crippen LogP contribution in [0.1, 0.15) is 11.1 Å². The van der Waals surface area contributed by atoms with Crippen molar-refractivity contribution in [3.8, 4) is 11.5 Å². The van der Waals surface area contributed by atoms with Crippen LogP contribution < -0.4 is 9.47 Å². The summed E-state index contributed by atoms with van der Waals surface area (Å²) in [5, 5.41) is 10.2. The number of rotatable bonds is 4. The summed E-state index contributed by atoms with van der Waals surface area (Å²) >= 11 is 12.0. The Morgan fingerprint density at radius 3 is 2.81 bits per heavy atom. The van der Waals surface area contributed by atoms with Crippen molar-refractivity contribution in [1.29, 1.82) is 0 Å². The number of para-hydroxylation sites is 1. The van der Waals surface area contributed by atoms with Gasteiger partial charge in [0.25, 0.3) is 0 Å². The second-order valence-corrected chi connectivity index (χ2v) is 5.74. The molecule has 0 aromatic heterocycles. The van der Waals surface area contributed by atoms with Gasteiger partial charge < -0.3 is 14.6 Å². The van der Waals surface area contributed by atoms with E-state index in [-0.39, 0.29) is 12.7 Å². The van der Waals surface area contributed by atoms with Gasteiger partial charge in [-0.1, -0.05) is 41.4 Å². The number of hydrogen-bond donors (Lipinski definition) is 1. The van der Waals surface area contributed by atoms with E-state index in [1.165, 1.54) is 5.56 Å². The fourth-order valence-electron chi connectivity index (χ4n) is 2.42. The summed E-state index contributed by atoms with van der Waals surface area (Å²) in [6.45, 7) is 0.185. The molecule has 0 fully saturated rings. The van der Waals surface area contributed by atoms with Gasteiger partial charge in [0, 0.05) is 17.0 Å². The molecule has 110 valence electrons. The highest BCUT2D eigenvalue weighted by Gasteiger charge is 2.23. The van der Waals surface area contributed by atoms with Crippen molar-refractivity contribution < 1.29 is 14.6 Å². The Morgan fingerprint density at radius 1 is 1.24 bits per heavy atom. The SMILES string of the molecule is OCc1cc(Cl)cc(Cl)c1OCC1Cc2ccccc2O1. The minimum absolute atomic E-state index is 0.0549. The molecule has 3 nitrogen and oxygen atoms in total. The fraction of sp³-hybridized carbons (Fsp3) is 0.250. The third-order valence-corrected chi connectivity index (χ3v) is 3.88. The minimum Gasteiger partial charge on any atom is -0.488 e. The Labute approximate surface area is 133 Å². The maximum Gasteiger partial charge on any atom is 0.143 e. The molecular weight excluding hydrogens is 311 g/mol. The summed E-state index contributed by atoms with van der Waals surface area (Å²) in [5.74, 6) is 1.36. The van der Waals surface area contributed by atoms with E-state index in [2.05, 4.69) is 0 Å². The maximum absolute atomic E-state index is 9.37. The van der Waals surface area contributed by atoms with Crippen LogP contribution in [0, 0.1) is 0 Å². The highest BCUT2D eigenvalue weighted by molar-refractivity contribution is 6.35. The molecule has 0 saturated heterocycles. The summed E-state index contributed by atoms with van der Waals surface area (Å²) in [6, 6.07) is 11.2. The van der Waals surface area contributed by atoms with Crippen molar-refractivity contribution in [3.05, 3.63) is 57.6 Å². The van der Waals surface area contributed by atoms with E-state index < -0.39 is 0 Å². The standard InChI is InChI=1S/C16H14Cl2O3/c17-12-5-11(8-19)16(14(18)7-12)20-9-13-6-10-3-1-2-4-15(10)21-13/h1-5,7,13,19H,6,8-9H2. The van der Waals surface area contributed by atoms with E-state index in [0.717, 1.165) is 12.2 Å². The predicted octanol–water partition coefficient (Wildman–Crippen LogP) is 3.87. The van der Waals surface area contributed by atoms with E-state index in [9.17, 15) is 5.11 Å². The first-order valence-electron chi connectivity index (χ1n) is 6.63. The number of halogens is 2. The van der Waals surface area contributed by atoms with Crippen LogP contribution >= 0.6 is 23.2 Å². The van der Waals surface area contributed by atoms with Crippen LogP contribution in [-0.2, 0) is 13.0 Å². The van der Waals surface area contributed by atoms with Gasteiger partial charge in [-0.15, -0.1) is 0 Å². The molecule has 0 spiro atoms. The molecule has 1 N–H and O–H groups in total. The molecule has 1 aliphatic rings. The number of aliphatic hydroxyl groups is 1. The second-order valence-electron chi connectivity index (χ2n) is 4.90. The van der Waals surface area contributed by atoms with Crippen molar-refractivity contribution in [1.82, 2.24) is 0 Å². The third-order valence-electron chi connectivity index (χ3n) is 3.38. The van der Waals surface area contributed by atoms with Crippen molar-refractivity contribution in [2.45, 2.75) is 19.1 Å². The van der Waals surface area contributed by atoms with E-state index >= 15 is 0 Å². The van der Waals surface area contributed by atoms with E-state index in [4.69, 9.17) is 32.7 Å². The molecule has 0 saturated carbocycles. The Bertz CT molecular complexity index is 633. The van der Waals surface area contributed by atoms with Crippen LogP contribution in [-0.4, -0.2) is 17.8 Å². The van der Waals surface area contributed by atoms with Crippen molar-refractivity contribution in [3.63, 3.8) is 0 Å². The molecule has 2 aromatic carbocycles. The molecule has 2 aromatic rings. The first-order valence-corrected chi connectivity index (χ1v) is 7.39. The summed E-state index contributed by atoms with van der Waals surface area (Å²) in [6.07, 6.45) is 0.747. The quantitative estimate of drug-likeness (QED) is 0.927. The highest BCUT2D eigenvalue weighted by atomic mass is 35.5. The van der Waals surface area contributed by atoms with Crippen LogP contribution in [0.25, 0.3) is 0 Å². The lowest BCUT2D eigenvalue weighted by Gasteiger charge is -2.16. The first kappa shape index (κ1) is 14.5. The van der Waals surface area contributed by atoms with Gasteiger partial charge in [0.2, 0.25) is 0 Å². The minimum atomic E-state index is -0.179. The van der Waals surface area contributed by atoms with Gasteiger partial charge in [0.15, 0.2) is 0 Å². The van der Waals surface area contributed by atoms with Crippen LogP contribution in [0.4, 0.5) is 0 Å². The molecule has 0 bridgehead atoms. The maximum atomic E-state index is 9.37. The average molecular weight is 325 g/mol. The zero-order valence-electron chi connectivity index (χ0n) is 11.2. The van der Waals surface area contributed by atoms with Gasteiger partial charge in [-0.25, -0.2) is 0 Å². The molecule has 0 amide bonds. The van der Waals surface area contributed by atoms with E-state index in [1.807, 2.05) is 24.3 Å². The fourth-order valence-corrected chi connectivity index (χ4v) is 3.01. The monoisotopic (exact) mass is 324 g/mol. The van der Waals surface area contributed by atoms with Gasteiger partial charge in [-0.05, 0) is 23.8 Å². The number of fused-ring (bicyclic) bond motifs is 1. The average Bonchev–Trinajstić information content (AvgIpc) is 2.88. The smallest absolute Gasteiger partial charge is 0.143 e. The first-order chi connectivity index (χ1) is 10.2. The summed E-state index contributed by atoms with van der Waals surface area (Å²) in [7, 11) is 0. The predicted molar refractivity (Wildman–Crippen MR) is 82.4 cm³/mol. The van der Waals surface area contributed by atoms with Crippen LogP contribution in [0.5, 0.6) is 11.5 Å². The Balaban J connectivity index is 1.70. The zero-order chi connectivity index (χ0) is 14.8. The molecule has 1 heterocycles. The number of benzene rings is 2. The van der Waals surface area contributed by atoms with E-state index in [1.54, 1.807) is 12.1 Å². The molecule has 5 heteroatoms. The summed E-state index contributed by atoms with van der Waals surface area (Å²) in [4.78, 5) is 0. The molecule has 21 heavy (non-hydrogen) atoms. The summed E-state index contributed by atoms with van der Waals surface area (Å²) in [5.41, 5.74) is 1.75. The van der Waals surface area contributed by atoms with Gasteiger partial charge in [0.1, 0.15) is 24.2 Å². The number of ether oxygens (including phenoxy) is 2. The largest absolute Gasteiger partial charge is 0.488 e. The third kappa shape index (κ3) is 3.10. The van der Waals surface area contributed by atoms with Gasteiger partial charge in [-0.3, -0.25) is 0 Å². The van der Waals surface area contributed by atoms with Crippen molar-refractivity contribution in [2.24, 2.45) is 0 Å². The molecule has 0 aliphatic carbocycles. The van der Waals surface area contributed by atoms with Crippen LogP contribution in [0.3, 0.4) is 0 Å².